The Morgan fingerprint density at radius 3 is 2.67 bits per heavy atom. The van der Waals surface area contributed by atoms with E-state index in [1.165, 1.54) is 12.1 Å². The molecular weight excluding hydrogens is 257 g/mol. The lowest BCUT2D eigenvalue weighted by atomic mass is 10.0. The molecule has 0 radical (unpaired) electrons. The van der Waals surface area contributed by atoms with Gasteiger partial charge in [0.05, 0.1) is 6.42 Å². The summed E-state index contributed by atoms with van der Waals surface area (Å²) in [6, 6.07) is 3.88. The zero-order chi connectivity index (χ0) is 13.1. The summed E-state index contributed by atoms with van der Waals surface area (Å²) in [6.45, 7) is 1.73. The number of hydrogen-bond donors (Lipinski definition) is 1. The van der Waals surface area contributed by atoms with Gasteiger partial charge in [-0.15, -0.1) is 0 Å². The van der Waals surface area contributed by atoms with Gasteiger partial charge in [0.1, 0.15) is 5.82 Å². The molecule has 0 spiro atoms. The van der Waals surface area contributed by atoms with Gasteiger partial charge in [0.25, 0.3) is 0 Å². The van der Waals surface area contributed by atoms with E-state index in [1.54, 1.807) is 6.07 Å². The van der Waals surface area contributed by atoms with Crippen LogP contribution in [0.2, 0.25) is 5.02 Å². The van der Waals surface area contributed by atoms with Crippen LogP contribution in [0.3, 0.4) is 0 Å². The zero-order valence-electron chi connectivity index (χ0n) is 9.90. The standard InChI is InChI=1S/C13H15ClFNO2/c14-11-7-9(15)3-4-10(11)12(8-13(17)18)16-5-1-2-6-16/h3-4,7,12H,1-2,5-6,8H2,(H,17,18). The molecule has 1 fully saturated rings. The second-order valence-electron chi connectivity index (χ2n) is 4.52. The summed E-state index contributed by atoms with van der Waals surface area (Å²) in [5.74, 6) is -1.27. The molecule has 18 heavy (non-hydrogen) atoms. The summed E-state index contributed by atoms with van der Waals surface area (Å²) in [5.41, 5.74) is 0.697. The molecule has 5 heteroatoms. The largest absolute Gasteiger partial charge is 0.481 e. The number of carboxylic acids is 1. The Bertz CT molecular complexity index is 447. The van der Waals surface area contributed by atoms with Crippen LogP contribution < -0.4 is 0 Å². The van der Waals surface area contributed by atoms with Crippen LogP contribution in [0, 0.1) is 5.82 Å². The quantitative estimate of drug-likeness (QED) is 0.915. The molecule has 1 aliphatic rings. The zero-order valence-corrected chi connectivity index (χ0v) is 10.7. The predicted octanol–water partition coefficient (Wildman–Crippen LogP) is 3.09. The first-order valence-electron chi connectivity index (χ1n) is 5.98. The number of likely N-dealkylation sites (tertiary alicyclic amines) is 1. The molecule has 0 aromatic heterocycles. The van der Waals surface area contributed by atoms with Gasteiger partial charge < -0.3 is 5.11 Å². The maximum atomic E-state index is 13.0. The SMILES string of the molecule is O=C(O)CC(c1ccc(F)cc1Cl)N1CCCC1. The molecule has 1 heterocycles. The van der Waals surface area contributed by atoms with Crippen LogP contribution in [0.1, 0.15) is 30.9 Å². The lowest BCUT2D eigenvalue weighted by molar-refractivity contribution is -0.138. The molecule has 1 aromatic carbocycles. The Hall–Kier alpha value is -1.13. The fourth-order valence-corrected chi connectivity index (χ4v) is 2.72. The first-order valence-corrected chi connectivity index (χ1v) is 6.36. The smallest absolute Gasteiger partial charge is 0.305 e. The molecule has 1 saturated heterocycles. The number of benzene rings is 1. The molecule has 0 bridgehead atoms. The van der Waals surface area contributed by atoms with Crippen LogP contribution in [0.15, 0.2) is 18.2 Å². The van der Waals surface area contributed by atoms with E-state index in [-0.39, 0.29) is 12.5 Å². The highest BCUT2D eigenvalue weighted by atomic mass is 35.5. The van der Waals surface area contributed by atoms with Crippen LogP contribution in [0.5, 0.6) is 0 Å². The van der Waals surface area contributed by atoms with Crippen molar-refractivity contribution in [3.05, 3.63) is 34.6 Å². The minimum Gasteiger partial charge on any atom is -0.481 e. The van der Waals surface area contributed by atoms with E-state index in [9.17, 15) is 9.18 Å². The maximum Gasteiger partial charge on any atom is 0.305 e. The fraction of sp³-hybridized carbons (Fsp3) is 0.462. The van der Waals surface area contributed by atoms with Crippen molar-refractivity contribution in [2.24, 2.45) is 0 Å². The van der Waals surface area contributed by atoms with Gasteiger partial charge in [0.15, 0.2) is 0 Å². The molecule has 0 aliphatic carbocycles. The Morgan fingerprint density at radius 2 is 2.11 bits per heavy atom. The number of nitrogens with zero attached hydrogens (tertiary/aromatic N) is 1. The first kappa shape index (κ1) is 13.3. The topological polar surface area (TPSA) is 40.5 Å². The average molecular weight is 272 g/mol. The van der Waals surface area contributed by atoms with Gasteiger partial charge in [-0.25, -0.2) is 4.39 Å². The van der Waals surface area contributed by atoms with Gasteiger partial charge in [-0.05, 0) is 43.6 Å². The highest BCUT2D eigenvalue weighted by Crippen LogP contribution is 2.33. The van der Waals surface area contributed by atoms with Gasteiger partial charge >= 0.3 is 5.97 Å². The maximum absolute atomic E-state index is 13.0. The average Bonchev–Trinajstić information content (AvgIpc) is 2.79. The Morgan fingerprint density at radius 1 is 1.44 bits per heavy atom. The van der Waals surface area contributed by atoms with Crippen LogP contribution in [-0.2, 0) is 4.79 Å². The summed E-state index contributed by atoms with van der Waals surface area (Å²) in [7, 11) is 0. The Balaban J connectivity index is 2.29. The molecule has 0 amide bonds. The van der Waals surface area contributed by atoms with Crippen LogP contribution in [0.4, 0.5) is 4.39 Å². The number of carbonyl (C=O) groups is 1. The second-order valence-corrected chi connectivity index (χ2v) is 4.93. The highest BCUT2D eigenvalue weighted by Gasteiger charge is 2.27. The van der Waals surface area contributed by atoms with E-state index in [0.29, 0.717) is 10.6 Å². The van der Waals surface area contributed by atoms with Crippen LogP contribution in [0.25, 0.3) is 0 Å². The Kier molecular flexibility index (Phi) is 4.19. The lowest BCUT2D eigenvalue weighted by Crippen LogP contribution is -2.28. The molecule has 98 valence electrons. The predicted molar refractivity (Wildman–Crippen MR) is 67.2 cm³/mol. The third kappa shape index (κ3) is 3.00. The van der Waals surface area contributed by atoms with E-state index in [4.69, 9.17) is 16.7 Å². The molecule has 3 nitrogen and oxygen atoms in total. The molecule has 2 rings (SSSR count). The molecule has 0 saturated carbocycles. The number of rotatable bonds is 4. The van der Waals surface area contributed by atoms with E-state index in [1.807, 2.05) is 0 Å². The minimum absolute atomic E-state index is 0.00858. The van der Waals surface area contributed by atoms with Crippen molar-refractivity contribution in [1.82, 2.24) is 4.90 Å². The lowest BCUT2D eigenvalue weighted by Gasteiger charge is -2.27. The third-order valence-electron chi connectivity index (χ3n) is 3.27. The van der Waals surface area contributed by atoms with Crippen molar-refractivity contribution in [1.29, 1.82) is 0 Å². The molecule has 1 unspecified atom stereocenters. The summed E-state index contributed by atoms with van der Waals surface area (Å²) in [6.07, 6.45) is 2.12. The van der Waals surface area contributed by atoms with Gasteiger partial charge in [0, 0.05) is 11.1 Å². The number of hydrogen-bond acceptors (Lipinski definition) is 2. The molecular formula is C13H15ClFNO2. The summed E-state index contributed by atoms with van der Waals surface area (Å²) < 4.78 is 13.0. The number of aliphatic carboxylic acids is 1. The van der Waals surface area contributed by atoms with Crippen molar-refractivity contribution < 1.29 is 14.3 Å². The first-order chi connectivity index (χ1) is 8.58. The molecule has 1 aromatic rings. The Labute approximate surface area is 110 Å². The van der Waals surface area contributed by atoms with Crippen molar-refractivity contribution in [2.75, 3.05) is 13.1 Å². The van der Waals surface area contributed by atoms with Crippen molar-refractivity contribution in [3.63, 3.8) is 0 Å². The third-order valence-corrected chi connectivity index (χ3v) is 3.60. The molecule has 1 atom stereocenters. The summed E-state index contributed by atoms with van der Waals surface area (Å²) in [5, 5.41) is 9.31. The second kappa shape index (κ2) is 5.67. The normalized spacial score (nSPS) is 17.9. The van der Waals surface area contributed by atoms with E-state index in [0.717, 1.165) is 25.9 Å². The van der Waals surface area contributed by atoms with Gasteiger partial charge in [-0.3, -0.25) is 9.69 Å². The molecule has 1 N–H and O–H groups in total. The van der Waals surface area contributed by atoms with E-state index >= 15 is 0 Å². The van der Waals surface area contributed by atoms with Crippen molar-refractivity contribution in [2.45, 2.75) is 25.3 Å². The van der Waals surface area contributed by atoms with Gasteiger partial charge in [-0.2, -0.15) is 0 Å². The summed E-state index contributed by atoms with van der Waals surface area (Å²) >= 11 is 6.03. The van der Waals surface area contributed by atoms with Crippen molar-refractivity contribution >= 4 is 17.6 Å². The fourth-order valence-electron chi connectivity index (χ4n) is 2.43. The van der Waals surface area contributed by atoms with Gasteiger partial charge in [0.2, 0.25) is 0 Å². The van der Waals surface area contributed by atoms with Crippen LogP contribution >= 0.6 is 11.6 Å². The number of halogens is 2. The minimum atomic E-state index is -0.868. The van der Waals surface area contributed by atoms with E-state index < -0.39 is 11.8 Å². The molecule has 1 aliphatic heterocycles. The number of carboxylic acid groups (broad SMARTS) is 1. The van der Waals surface area contributed by atoms with E-state index in [2.05, 4.69) is 4.90 Å². The highest BCUT2D eigenvalue weighted by molar-refractivity contribution is 6.31. The van der Waals surface area contributed by atoms with Crippen LogP contribution in [-0.4, -0.2) is 29.1 Å². The monoisotopic (exact) mass is 271 g/mol. The summed E-state index contributed by atoms with van der Waals surface area (Å²) in [4.78, 5) is 13.1. The van der Waals surface area contributed by atoms with Crippen molar-refractivity contribution in [3.8, 4) is 0 Å². The van der Waals surface area contributed by atoms with Gasteiger partial charge in [-0.1, -0.05) is 17.7 Å².